The highest BCUT2D eigenvalue weighted by molar-refractivity contribution is 6.57. The Bertz CT molecular complexity index is 256. The van der Waals surface area contributed by atoms with Crippen molar-refractivity contribution in [2.45, 2.75) is 36.6 Å². The number of aryl methyl sites for hydroxylation is 1. The zero-order chi connectivity index (χ0) is 9.68. The monoisotopic (exact) mass is 191 g/mol. The number of aromatic nitrogens is 1. The molecule has 2 heteroatoms. The van der Waals surface area contributed by atoms with Gasteiger partial charge < -0.3 is 0 Å². The van der Waals surface area contributed by atoms with Crippen molar-refractivity contribution in [3.63, 3.8) is 0 Å². The van der Waals surface area contributed by atoms with E-state index in [1.807, 2.05) is 0 Å². The van der Waals surface area contributed by atoms with Crippen LogP contribution < -0.4 is 0 Å². The van der Waals surface area contributed by atoms with Gasteiger partial charge in [0.2, 0.25) is 0 Å². The molecular weight excluding hydrogens is 173 g/mol. The first-order valence-corrected chi connectivity index (χ1v) is 7.63. The zero-order valence-corrected chi connectivity index (χ0v) is 10.0. The van der Waals surface area contributed by atoms with Crippen molar-refractivity contribution in [1.82, 2.24) is 4.98 Å². The van der Waals surface area contributed by atoms with E-state index in [-0.39, 0.29) is 0 Å². The molecule has 0 atom stereocenters. The van der Waals surface area contributed by atoms with Crippen LogP contribution in [0.5, 0.6) is 0 Å². The van der Waals surface area contributed by atoms with Crippen LogP contribution in [0.3, 0.4) is 0 Å². The van der Waals surface area contributed by atoms with Crippen molar-refractivity contribution in [3.05, 3.63) is 29.6 Å². The SMILES string of the molecule is C[CH2][Al]([CH2]C)[CH2]c1cccc(C)n1. The summed E-state index contributed by atoms with van der Waals surface area (Å²) in [6, 6.07) is 6.35. The van der Waals surface area contributed by atoms with Gasteiger partial charge in [-0.2, -0.15) is 0 Å². The molecule has 0 aromatic carbocycles. The van der Waals surface area contributed by atoms with Gasteiger partial charge in [-0.1, -0.05) is 35.8 Å². The lowest BCUT2D eigenvalue weighted by molar-refractivity contribution is 1.07. The largest absolute Gasteiger partial charge is 0.269 e. The Hall–Kier alpha value is -0.318. The zero-order valence-electron chi connectivity index (χ0n) is 8.88. The summed E-state index contributed by atoms with van der Waals surface area (Å²) in [7, 11) is 0. The molecule has 0 bridgehead atoms. The second-order valence-corrected chi connectivity index (χ2v) is 7.43. The fourth-order valence-corrected chi connectivity index (χ4v) is 3.56. The third-order valence-electron chi connectivity index (χ3n) is 2.60. The van der Waals surface area contributed by atoms with Crippen molar-refractivity contribution >= 4 is 14.1 Å². The van der Waals surface area contributed by atoms with Gasteiger partial charge in [0, 0.05) is 11.4 Å². The Balaban J connectivity index is 2.62. The summed E-state index contributed by atoms with van der Waals surface area (Å²) in [6.45, 7) is 6.70. The third-order valence-corrected chi connectivity index (χ3v) is 5.90. The Morgan fingerprint density at radius 3 is 2.46 bits per heavy atom. The molecule has 0 aliphatic rings. The summed E-state index contributed by atoms with van der Waals surface area (Å²) < 4.78 is 0. The van der Waals surface area contributed by atoms with E-state index < -0.39 is 14.1 Å². The van der Waals surface area contributed by atoms with Crippen LogP contribution in [0.1, 0.15) is 25.2 Å². The minimum atomic E-state index is -0.502. The summed E-state index contributed by atoms with van der Waals surface area (Å²) in [6.07, 6.45) is 0. The first-order valence-electron chi connectivity index (χ1n) is 5.18. The first-order chi connectivity index (χ1) is 6.26. The average molecular weight is 191 g/mol. The molecule has 1 nitrogen and oxygen atoms in total. The van der Waals surface area contributed by atoms with E-state index in [0.717, 1.165) is 5.69 Å². The lowest BCUT2D eigenvalue weighted by Gasteiger charge is -2.06. The lowest BCUT2D eigenvalue weighted by atomic mass is 10.3. The number of rotatable bonds is 4. The summed E-state index contributed by atoms with van der Waals surface area (Å²) in [5, 5.41) is 4.06. The molecule has 0 N–H and O–H groups in total. The van der Waals surface area contributed by atoms with Crippen LogP contribution in [-0.2, 0) is 5.28 Å². The minimum Gasteiger partial charge on any atom is -0.259 e. The van der Waals surface area contributed by atoms with Crippen molar-refractivity contribution in [3.8, 4) is 0 Å². The molecule has 0 saturated heterocycles. The molecule has 0 spiro atoms. The molecule has 0 unspecified atom stereocenters. The van der Waals surface area contributed by atoms with Crippen LogP contribution in [0.2, 0.25) is 10.6 Å². The number of nitrogens with zero attached hydrogens (tertiary/aromatic N) is 1. The maximum atomic E-state index is 4.54. The van der Waals surface area contributed by atoms with Crippen LogP contribution in [0, 0.1) is 6.92 Å². The molecule has 0 fully saturated rings. The van der Waals surface area contributed by atoms with E-state index in [4.69, 9.17) is 0 Å². The highest BCUT2D eigenvalue weighted by Crippen LogP contribution is 2.07. The van der Waals surface area contributed by atoms with E-state index in [1.54, 1.807) is 0 Å². The van der Waals surface area contributed by atoms with Crippen molar-refractivity contribution in [2.75, 3.05) is 0 Å². The summed E-state index contributed by atoms with van der Waals surface area (Å²) in [4.78, 5) is 4.54. The van der Waals surface area contributed by atoms with Gasteiger partial charge in [0.1, 0.15) is 0 Å². The smallest absolute Gasteiger partial charge is 0.259 e. The fourth-order valence-electron chi connectivity index (χ4n) is 1.59. The summed E-state index contributed by atoms with van der Waals surface area (Å²) in [5.41, 5.74) is 2.46. The molecular formula is C11H18AlN. The lowest BCUT2D eigenvalue weighted by Crippen LogP contribution is -2.14. The summed E-state index contributed by atoms with van der Waals surface area (Å²) in [5.74, 6) is 0. The predicted molar refractivity (Wildman–Crippen MR) is 59.4 cm³/mol. The topological polar surface area (TPSA) is 12.9 Å². The first kappa shape index (κ1) is 10.8. The fraction of sp³-hybridized carbons (Fsp3) is 0.545. The summed E-state index contributed by atoms with van der Waals surface area (Å²) >= 11 is -0.502. The number of hydrogen-bond donors (Lipinski definition) is 0. The molecule has 1 rings (SSSR count). The molecule has 0 aliphatic carbocycles. The molecule has 70 valence electrons. The van der Waals surface area contributed by atoms with Crippen LogP contribution in [0.15, 0.2) is 18.2 Å². The van der Waals surface area contributed by atoms with Gasteiger partial charge >= 0.3 is 0 Å². The Kier molecular flexibility index (Phi) is 4.49. The van der Waals surface area contributed by atoms with Gasteiger partial charge in [-0.25, -0.2) is 0 Å². The molecule has 1 aromatic heterocycles. The number of hydrogen-bond acceptors (Lipinski definition) is 1. The Labute approximate surface area is 85.6 Å². The second kappa shape index (κ2) is 5.42. The van der Waals surface area contributed by atoms with E-state index >= 15 is 0 Å². The third kappa shape index (κ3) is 3.50. The van der Waals surface area contributed by atoms with E-state index in [1.165, 1.54) is 21.5 Å². The maximum Gasteiger partial charge on any atom is 0.269 e. The quantitative estimate of drug-likeness (QED) is 0.667. The van der Waals surface area contributed by atoms with Crippen molar-refractivity contribution in [2.24, 2.45) is 0 Å². The van der Waals surface area contributed by atoms with Crippen LogP contribution in [0.4, 0.5) is 0 Å². The standard InChI is InChI=1S/C7H8N.2C2H5.Al/c1-6-4-3-5-7(2)8-6;2*1-2;/h3-5H,1H2,2H3;2*1H2,2H3;. The molecule has 1 heterocycles. The highest BCUT2D eigenvalue weighted by Gasteiger charge is 2.12. The Morgan fingerprint density at radius 1 is 1.23 bits per heavy atom. The van der Waals surface area contributed by atoms with Crippen LogP contribution in [0.25, 0.3) is 0 Å². The number of pyridine rings is 1. The maximum absolute atomic E-state index is 4.54. The predicted octanol–water partition coefficient (Wildman–Crippen LogP) is 3.01. The Morgan fingerprint density at radius 2 is 1.92 bits per heavy atom. The van der Waals surface area contributed by atoms with E-state index in [2.05, 4.69) is 44.0 Å². The second-order valence-electron chi connectivity index (χ2n) is 3.66. The van der Waals surface area contributed by atoms with Crippen molar-refractivity contribution < 1.29 is 0 Å². The highest BCUT2D eigenvalue weighted by atomic mass is 27.2. The van der Waals surface area contributed by atoms with E-state index in [0.29, 0.717) is 0 Å². The van der Waals surface area contributed by atoms with Crippen LogP contribution >= 0.6 is 0 Å². The van der Waals surface area contributed by atoms with Gasteiger partial charge in [-0.3, -0.25) is 4.98 Å². The normalized spacial score (nSPS) is 10.1. The van der Waals surface area contributed by atoms with Gasteiger partial charge in [-0.15, -0.1) is 0 Å². The average Bonchev–Trinajstić information content (AvgIpc) is 2.14. The van der Waals surface area contributed by atoms with Gasteiger partial charge in [0.05, 0.1) is 0 Å². The van der Waals surface area contributed by atoms with Crippen molar-refractivity contribution in [1.29, 1.82) is 0 Å². The van der Waals surface area contributed by atoms with Gasteiger partial charge in [0.15, 0.2) is 0 Å². The molecule has 0 radical (unpaired) electrons. The molecule has 0 saturated carbocycles. The molecule has 0 aliphatic heterocycles. The van der Waals surface area contributed by atoms with Gasteiger partial charge in [-0.05, 0) is 19.1 Å². The molecule has 13 heavy (non-hydrogen) atoms. The molecule has 0 amide bonds. The van der Waals surface area contributed by atoms with E-state index in [9.17, 15) is 0 Å². The van der Waals surface area contributed by atoms with Crippen LogP contribution in [-0.4, -0.2) is 19.1 Å². The van der Waals surface area contributed by atoms with Gasteiger partial charge in [0.25, 0.3) is 14.1 Å². The minimum absolute atomic E-state index is 0.502. The molecule has 1 aromatic rings.